The summed E-state index contributed by atoms with van der Waals surface area (Å²) in [6.45, 7) is 5.71. The van der Waals surface area contributed by atoms with Crippen molar-refractivity contribution in [3.63, 3.8) is 0 Å². The van der Waals surface area contributed by atoms with Crippen LogP contribution in [0.5, 0.6) is 0 Å². The molecule has 2 unspecified atom stereocenters. The monoisotopic (exact) mass is 170 g/mol. The third-order valence-electron chi connectivity index (χ3n) is 2.34. The topological polar surface area (TPSA) is 37.3 Å². The molecule has 0 saturated heterocycles. The van der Waals surface area contributed by atoms with E-state index in [1.807, 2.05) is 6.92 Å². The van der Waals surface area contributed by atoms with Crippen molar-refractivity contribution in [2.75, 3.05) is 0 Å². The van der Waals surface area contributed by atoms with Gasteiger partial charge in [0.1, 0.15) is 5.94 Å². The maximum absolute atomic E-state index is 10.1. The van der Waals surface area contributed by atoms with Gasteiger partial charge in [0.05, 0.1) is 5.60 Å². The Balaban J connectivity index is 4.05. The van der Waals surface area contributed by atoms with Crippen LogP contribution >= 0.6 is 0 Å². The van der Waals surface area contributed by atoms with Crippen LogP contribution in [0.2, 0.25) is 0 Å². The molecule has 0 fully saturated rings. The van der Waals surface area contributed by atoms with Crippen molar-refractivity contribution in [2.24, 2.45) is 5.92 Å². The fourth-order valence-corrected chi connectivity index (χ4v) is 1.06. The summed E-state index contributed by atoms with van der Waals surface area (Å²) in [6, 6.07) is 0. The van der Waals surface area contributed by atoms with Gasteiger partial charge in [-0.15, -0.1) is 0 Å². The zero-order chi connectivity index (χ0) is 9.61. The molecule has 0 amide bonds. The fraction of sp³-hybridized carbons (Fsp3) is 0.800. The first-order valence-corrected chi connectivity index (χ1v) is 4.49. The Morgan fingerprint density at radius 3 is 2.67 bits per heavy atom. The van der Waals surface area contributed by atoms with Gasteiger partial charge in [-0.25, -0.2) is 4.79 Å². The summed E-state index contributed by atoms with van der Waals surface area (Å²) >= 11 is 0. The van der Waals surface area contributed by atoms with E-state index in [0.717, 1.165) is 19.3 Å². The maximum atomic E-state index is 10.1. The molecule has 0 spiro atoms. The van der Waals surface area contributed by atoms with E-state index in [2.05, 4.69) is 6.92 Å². The SMILES string of the molecule is CCCCC(C)C(C)(O)C=C=O. The Morgan fingerprint density at radius 2 is 2.25 bits per heavy atom. The summed E-state index contributed by atoms with van der Waals surface area (Å²) in [5, 5.41) is 9.69. The van der Waals surface area contributed by atoms with Gasteiger partial charge in [-0.05, 0) is 19.3 Å². The van der Waals surface area contributed by atoms with Gasteiger partial charge in [-0.1, -0.05) is 26.7 Å². The van der Waals surface area contributed by atoms with Gasteiger partial charge in [-0.2, -0.15) is 0 Å². The molecule has 0 heterocycles. The van der Waals surface area contributed by atoms with Gasteiger partial charge in [0.25, 0.3) is 0 Å². The summed E-state index contributed by atoms with van der Waals surface area (Å²) < 4.78 is 0. The molecular formula is C10H18O2. The lowest BCUT2D eigenvalue weighted by Gasteiger charge is -2.25. The second-order valence-corrected chi connectivity index (χ2v) is 3.53. The van der Waals surface area contributed by atoms with Crippen LogP contribution in [-0.2, 0) is 4.79 Å². The normalized spacial score (nSPS) is 17.7. The average Bonchev–Trinajstić information content (AvgIpc) is 2.00. The lowest BCUT2D eigenvalue weighted by Crippen LogP contribution is -2.30. The molecule has 0 aromatic heterocycles. The second-order valence-electron chi connectivity index (χ2n) is 3.53. The number of unbranched alkanes of at least 4 members (excludes halogenated alkanes) is 1. The third-order valence-corrected chi connectivity index (χ3v) is 2.34. The maximum Gasteiger partial charge on any atom is 0.123 e. The van der Waals surface area contributed by atoms with E-state index in [4.69, 9.17) is 0 Å². The number of hydrogen-bond acceptors (Lipinski definition) is 2. The quantitative estimate of drug-likeness (QED) is 0.640. The van der Waals surface area contributed by atoms with Crippen LogP contribution in [0.3, 0.4) is 0 Å². The fourth-order valence-electron chi connectivity index (χ4n) is 1.06. The highest BCUT2D eigenvalue weighted by Gasteiger charge is 2.24. The highest BCUT2D eigenvalue weighted by Crippen LogP contribution is 2.22. The lowest BCUT2D eigenvalue weighted by atomic mass is 9.87. The Bertz CT molecular complexity index is 167. The summed E-state index contributed by atoms with van der Waals surface area (Å²) in [5.41, 5.74) is -0.989. The minimum absolute atomic E-state index is 0.124. The van der Waals surface area contributed by atoms with E-state index in [0.29, 0.717) is 0 Å². The minimum Gasteiger partial charge on any atom is -0.385 e. The number of hydrogen-bond donors (Lipinski definition) is 1. The third kappa shape index (κ3) is 3.70. The number of carbonyl (C=O) groups excluding carboxylic acids is 1. The number of aliphatic hydroxyl groups is 1. The van der Waals surface area contributed by atoms with E-state index in [9.17, 15) is 9.90 Å². The van der Waals surface area contributed by atoms with Crippen LogP contribution in [0.4, 0.5) is 0 Å². The van der Waals surface area contributed by atoms with E-state index in [-0.39, 0.29) is 5.92 Å². The van der Waals surface area contributed by atoms with Gasteiger partial charge < -0.3 is 5.11 Å². The molecule has 70 valence electrons. The smallest absolute Gasteiger partial charge is 0.123 e. The number of rotatable bonds is 5. The van der Waals surface area contributed by atoms with Crippen LogP contribution in [0, 0.1) is 5.92 Å². The summed E-state index contributed by atoms with van der Waals surface area (Å²) in [6.07, 6.45) is 4.35. The molecule has 2 atom stereocenters. The van der Waals surface area contributed by atoms with Crippen LogP contribution in [-0.4, -0.2) is 16.6 Å². The molecule has 12 heavy (non-hydrogen) atoms. The molecule has 0 aliphatic rings. The van der Waals surface area contributed by atoms with Gasteiger partial charge in [0, 0.05) is 6.08 Å². The van der Waals surface area contributed by atoms with Crippen LogP contribution < -0.4 is 0 Å². The Hall–Kier alpha value is -0.590. The van der Waals surface area contributed by atoms with Crippen LogP contribution in [0.25, 0.3) is 0 Å². The molecule has 0 aromatic rings. The Morgan fingerprint density at radius 1 is 1.67 bits per heavy atom. The first kappa shape index (κ1) is 11.4. The van der Waals surface area contributed by atoms with E-state index >= 15 is 0 Å². The molecule has 0 saturated carbocycles. The van der Waals surface area contributed by atoms with Gasteiger partial charge >= 0.3 is 0 Å². The highest BCUT2D eigenvalue weighted by molar-refractivity contribution is 5.47. The molecule has 0 aliphatic heterocycles. The molecule has 2 heteroatoms. The van der Waals surface area contributed by atoms with Crippen LogP contribution in [0.15, 0.2) is 6.08 Å². The van der Waals surface area contributed by atoms with Crippen molar-refractivity contribution in [1.82, 2.24) is 0 Å². The molecule has 2 nitrogen and oxygen atoms in total. The summed E-state index contributed by atoms with van der Waals surface area (Å²) in [7, 11) is 0. The predicted molar refractivity (Wildman–Crippen MR) is 49.6 cm³/mol. The minimum atomic E-state index is -0.989. The molecule has 1 N–H and O–H groups in total. The van der Waals surface area contributed by atoms with E-state index < -0.39 is 5.60 Å². The molecular weight excluding hydrogens is 152 g/mol. The van der Waals surface area contributed by atoms with E-state index in [1.165, 1.54) is 6.08 Å². The summed E-state index contributed by atoms with van der Waals surface area (Å²) in [5.74, 6) is 1.76. The largest absolute Gasteiger partial charge is 0.385 e. The second kappa shape index (κ2) is 5.13. The zero-order valence-electron chi connectivity index (χ0n) is 8.13. The molecule has 0 aliphatic carbocycles. The van der Waals surface area contributed by atoms with Gasteiger partial charge in [0.2, 0.25) is 0 Å². The Labute approximate surface area is 74.3 Å². The first-order valence-electron chi connectivity index (χ1n) is 4.49. The van der Waals surface area contributed by atoms with Crippen molar-refractivity contribution < 1.29 is 9.90 Å². The highest BCUT2D eigenvalue weighted by atomic mass is 16.3. The van der Waals surface area contributed by atoms with Crippen molar-refractivity contribution in [3.05, 3.63) is 6.08 Å². The van der Waals surface area contributed by atoms with Crippen molar-refractivity contribution in [1.29, 1.82) is 0 Å². The molecule has 0 rings (SSSR count). The molecule has 0 bridgehead atoms. The molecule has 0 radical (unpaired) electrons. The Kier molecular flexibility index (Phi) is 4.87. The first-order chi connectivity index (χ1) is 5.54. The lowest BCUT2D eigenvalue weighted by molar-refractivity contribution is 0.0504. The predicted octanol–water partition coefficient (Wildman–Crippen LogP) is 1.95. The standard InChI is InChI=1S/C10H18O2/c1-4-5-6-9(2)10(3,12)7-8-11/h7,9,12H,4-6H2,1-3H3. The van der Waals surface area contributed by atoms with Gasteiger partial charge in [-0.3, -0.25) is 0 Å². The zero-order valence-corrected chi connectivity index (χ0v) is 8.13. The molecule has 0 aromatic carbocycles. The van der Waals surface area contributed by atoms with Crippen LogP contribution in [0.1, 0.15) is 40.0 Å². The van der Waals surface area contributed by atoms with Crippen molar-refractivity contribution in [3.8, 4) is 0 Å². The van der Waals surface area contributed by atoms with Crippen molar-refractivity contribution in [2.45, 2.75) is 45.6 Å². The van der Waals surface area contributed by atoms with Crippen molar-refractivity contribution >= 4 is 5.94 Å². The van der Waals surface area contributed by atoms with E-state index in [1.54, 1.807) is 12.9 Å². The summed E-state index contributed by atoms with van der Waals surface area (Å²) in [4.78, 5) is 10.1. The van der Waals surface area contributed by atoms with Gasteiger partial charge in [0.15, 0.2) is 0 Å². The average molecular weight is 170 g/mol.